The number of ether oxygens (including phenoxy) is 2. The first kappa shape index (κ1) is 17.9. The van der Waals surface area contributed by atoms with Gasteiger partial charge >= 0.3 is 11.9 Å². The molecule has 7 heteroatoms. The van der Waals surface area contributed by atoms with Gasteiger partial charge in [0, 0.05) is 12.7 Å². The number of esters is 2. The average Bonchev–Trinajstić information content (AvgIpc) is 2.58. The summed E-state index contributed by atoms with van der Waals surface area (Å²) in [6.07, 6.45) is 0. The van der Waals surface area contributed by atoms with Crippen LogP contribution in [0, 0.1) is 0 Å². The van der Waals surface area contributed by atoms with Gasteiger partial charge in [-0.25, -0.2) is 9.59 Å². The smallest absolute Gasteiger partial charge is 0.338 e. The normalized spacial score (nSPS) is 17.4. The summed E-state index contributed by atoms with van der Waals surface area (Å²) >= 11 is 5.34. The summed E-state index contributed by atoms with van der Waals surface area (Å²) in [5.41, 5.74) is 2.09. The fraction of sp³-hybridized carbons (Fsp3) is 0.353. The van der Waals surface area contributed by atoms with E-state index in [0.717, 1.165) is 0 Å². The van der Waals surface area contributed by atoms with Crippen molar-refractivity contribution in [3.63, 3.8) is 0 Å². The zero-order chi connectivity index (χ0) is 17.9. The Morgan fingerprint density at radius 3 is 2.58 bits per heavy atom. The molecule has 0 saturated heterocycles. The van der Waals surface area contributed by atoms with Gasteiger partial charge in [0.15, 0.2) is 5.11 Å². The monoisotopic (exact) mass is 348 g/mol. The number of allylic oxidation sites excluding steroid dienone is 1. The van der Waals surface area contributed by atoms with Crippen molar-refractivity contribution in [1.82, 2.24) is 10.2 Å². The summed E-state index contributed by atoms with van der Waals surface area (Å²) < 4.78 is 10.0. The molecule has 6 nitrogen and oxygen atoms in total. The number of nitrogens with one attached hydrogen (secondary N) is 1. The Hall–Kier alpha value is -2.41. The molecule has 1 aromatic rings. The van der Waals surface area contributed by atoms with Crippen LogP contribution in [0.5, 0.6) is 0 Å². The largest absolute Gasteiger partial charge is 0.465 e. The molecule has 2 rings (SSSR count). The Kier molecular flexibility index (Phi) is 5.56. The highest BCUT2D eigenvalue weighted by molar-refractivity contribution is 7.80. The van der Waals surface area contributed by atoms with Crippen LogP contribution in [0.25, 0.3) is 0 Å². The molecule has 0 spiro atoms. The van der Waals surface area contributed by atoms with Gasteiger partial charge in [0.05, 0.1) is 30.9 Å². The molecule has 0 aromatic heterocycles. The summed E-state index contributed by atoms with van der Waals surface area (Å²) in [6, 6.07) is 6.38. The quantitative estimate of drug-likeness (QED) is 0.661. The van der Waals surface area contributed by atoms with E-state index >= 15 is 0 Å². The molecule has 1 aromatic carbocycles. The number of hydrogen-bond donors (Lipinski definition) is 1. The van der Waals surface area contributed by atoms with Gasteiger partial charge in [0.2, 0.25) is 0 Å². The van der Waals surface area contributed by atoms with E-state index in [9.17, 15) is 9.59 Å². The number of rotatable bonds is 4. The van der Waals surface area contributed by atoms with Crippen LogP contribution in [-0.2, 0) is 14.3 Å². The first-order valence-corrected chi connectivity index (χ1v) is 7.92. The molecule has 0 bridgehead atoms. The summed E-state index contributed by atoms with van der Waals surface area (Å²) in [5, 5.41) is 3.58. The number of nitrogens with zero attached hydrogens (tertiary/aromatic N) is 1. The topological polar surface area (TPSA) is 67.9 Å². The molecule has 0 radical (unpaired) electrons. The van der Waals surface area contributed by atoms with E-state index in [4.69, 9.17) is 21.7 Å². The van der Waals surface area contributed by atoms with Gasteiger partial charge in [0.25, 0.3) is 0 Å². The lowest BCUT2D eigenvalue weighted by Crippen LogP contribution is -2.46. The lowest BCUT2D eigenvalue weighted by molar-refractivity contribution is -0.139. The van der Waals surface area contributed by atoms with Crippen LogP contribution in [0.1, 0.15) is 35.8 Å². The molecule has 128 valence electrons. The second-order valence-corrected chi connectivity index (χ2v) is 5.63. The van der Waals surface area contributed by atoms with E-state index in [2.05, 4.69) is 5.32 Å². The maximum absolute atomic E-state index is 12.5. The molecular formula is C17H20N2O4S. The number of carbonyl (C=O) groups excluding carboxylic acids is 2. The van der Waals surface area contributed by atoms with Gasteiger partial charge in [-0.05, 0) is 37.7 Å². The molecule has 0 amide bonds. The van der Waals surface area contributed by atoms with Gasteiger partial charge in [0.1, 0.15) is 0 Å². The van der Waals surface area contributed by atoms with Crippen molar-refractivity contribution in [3.05, 3.63) is 46.7 Å². The number of hydrogen-bond acceptors (Lipinski definition) is 5. The first-order valence-electron chi connectivity index (χ1n) is 7.51. The average molecular weight is 348 g/mol. The molecule has 1 atom stereocenters. The highest BCUT2D eigenvalue weighted by Gasteiger charge is 2.35. The maximum Gasteiger partial charge on any atom is 0.338 e. The van der Waals surface area contributed by atoms with Crippen LogP contribution < -0.4 is 5.32 Å². The van der Waals surface area contributed by atoms with Crippen molar-refractivity contribution in [1.29, 1.82) is 0 Å². The molecule has 1 N–H and O–H groups in total. The van der Waals surface area contributed by atoms with Crippen LogP contribution in [0.3, 0.4) is 0 Å². The van der Waals surface area contributed by atoms with Crippen molar-refractivity contribution >= 4 is 29.3 Å². The lowest BCUT2D eigenvalue weighted by Gasteiger charge is -2.35. The predicted molar refractivity (Wildman–Crippen MR) is 93.4 cm³/mol. The molecule has 0 fully saturated rings. The van der Waals surface area contributed by atoms with Crippen molar-refractivity contribution in [2.45, 2.75) is 19.9 Å². The minimum Gasteiger partial charge on any atom is -0.465 e. The van der Waals surface area contributed by atoms with E-state index in [-0.39, 0.29) is 6.61 Å². The fourth-order valence-electron chi connectivity index (χ4n) is 2.59. The van der Waals surface area contributed by atoms with E-state index in [1.165, 1.54) is 7.11 Å². The molecule has 1 aliphatic heterocycles. The molecule has 1 heterocycles. The van der Waals surface area contributed by atoms with Crippen molar-refractivity contribution in [2.24, 2.45) is 0 Å². The third-order valence-corrected chi connectivity index (χ3v) is 4.32. The number of thiocarbonyl (C=S) groups is 1. The summed E-state index contributed by atoms with van der Waals surface area (Å²) in [5.74, 6) is -0.917. The third kappa shape index (κ3) is 3.26. The molecule has 0 aliphatic carbocycles. The highest BCUT2D eigenvalue weighted by Crippen LogP contribution is 2.32. The highest BCUT2D eigenvalue weighted by atomic mass is 32.1. The van der Waals surface area contributed by atoms with Crippen molar-refractivity contribution < 1.29 is 19.1 Å². The predicted octanol–water partition coefficient (Wildman–Crippen LogP) is 2.17. The van der Waals surface area contributed by atoms with Gasteiger partial charge in [-0.1, -0.05) is 18.2 Å². The second-order valence-electron chi connectivity index (χ2n) is 5.24. The zero-order valence-electron chi connectivity index (χ0n) is 14.1. The Morgan fingerprint density at radius 2 is 1.96 bits per heavy atom. The number of methoxy groups -OCH3 is 1. The van der Waals surface area contributed by atoms with E-state index in [1.807, 2.05) is 0 Å². The first-order chi connectivity index (χ1) is 11.4. The standard InChI is InChI=1S/C17H20N2O4S/c1-5-23-16(21)13-10(2)19(3)17(24)18-14(13)11-8-6-7-9-12(11)15(20)22-4/h6-9,14H,5H2,1-4H3,(H,18,24). The van der Waals surface area contributed by atoms with Crippen LogP contribution in [0.2, 0.25) is 0 Å². The number of benzene rings is 1. The van der Waals surface area contributed by atoms with E-state index < -0.39 is 18.0 Å². The van der Waals surface area contributed by atoms with Gasteiger partial charge < -0.3 is 19.7 Å². The van der Waals surface area contributed by atoms with E-state index in [1.54, 1.807) is 50.1 Å². The van der Waals surface area contributed by atoms with Gasteiger partial charge in [-0.3, -0.25) is 0 Å². The minimum absolute atomic E-state index is 0.259. The maximum atomic E-state index is 12.5. The molecular weight excluding hydrogens is 328 g/mol. The Balaban J connectivity index is 2.61. The third-order valence-electron chi connectivity index (χ3n) is 3.93. The minimum atomic E-state index is -0.581. The zero-order valence-corrected chi connectivity index (χ0v) is 14.9. The SMILES string of the molecule is CCOC(=O)C1=C(C)N(C)C(=S)NC1c1ccccc1C(=O)OC. The molecule has 1 aliphatic rings. The van der Waals surface area contributed by atoms with Crippen LogP contribution in [-0.4, -0.2) is 42.7 Å². The van der Waals surface area contributed by atoms with Gasteiger partial charge in [-0.2, -0.15) is 0 Å². The Labute approximate surface area is 146 Å². The number of carbonyl (C=O) groups is 2. The van der Waals surface area contributed by atoms with Crippen molar-refractivity contribution in [2.75, 3.05) is 20.8 Å². The molecule has 24 heavy (non-hydrogen) atoms. The lowest BCUT2D eigenvalue weighted by atomic mass is 9.91. The molecule has 0 saturated carbocycles. The summed E-state index contributed by atoms with van der Waals surface area (Å²) in [4.78, 5) is 26.3. The van der Waals surface area contributed by atoms with Crippen LogP contribution in [0.15, 0.2) is 35.5 Å². The summed E-state index contributed by atoms with van der Waals surface area (Å²) in [6.45, 7) is 3.80. The fourth-order valence-corrected chi connectivity index (χ4v) is 2.84. The van der Waals surface area contributed by atoms with E-state index in [0.29, 0.717) is 27.5 Å². The van der Waals surface area contributed by atoms with Crippen molar-refractivity contribution in [3.8, 4) is 0 Å². The Morgan fingerprint density at radius 1 is 1.29 bits per heavy atom. The summed E-state index contributed by atoms with van der Waals surface area (Å²) in [7, 11) is 3.09. The second kappa shape index (κ2) is 7.44. The van der Waals surface area contributed by atoms with Crippen LogP contribution >= 0.6 is 12.2 Å². The van der Waals surface area contributed by atoms with Gasteiger partial charge in [-0.15, -0.1) is 0 Å². The van der Waals surface area contributed by atoms with Crippen LogP contribution in [0.4, 0.5) is 0 Å². The molecule has 1 unspecified atom stereocenters. The Bertz CT molecular complexity index is 714.